The summed E-state index contributed by atoms with van der Waals surface area (Å²) in [6.45, 7) is 3.94. The van der Waals surface area contributed by atoms with Crippen LogP contribution in [-0.4, -0.2) is 50.1 Å². The first kappa shape index (κ1) is 20.7. The van der Waals surface area contributed by atoms with Crippen molar-refractivity contribution in [2.24, 2.45) is 0 Å². The summed E-state index contributed by atoms with van der Waals surface area (Å²) in [5.74, 6) is 0.310. The number of amides is 1. The number of sulfonamides is 1. The number of nitrogens with one attached hydrogen (secondary N) is 1. The third-order valence-electron chi connectivity index (χ3n) is 4.76. The third kappa shape index (κ3) is 5.45. The highest BCUT2D eigenvalue weighted by atomic mass is 32.2. The van der Waals surface area contributed by atoms with Gasteiger partial charge in [0.25, 0.3) is 5.91 Å². The zero-order valence-corrected chi connectivity index (χ0v) is 16.7. The van der Waals surface area contributed by atoms with Crippen LogP contribution in [0.15, 0.2) is 24.3 Å². The van der Waals surface area contributed by atoms with E-state index in [1.165, 1.54) is 6.42 Å². The minimum Gasteiger partial charge on any atom is -0.497 e. The quantitative estimate of drug-likeness (QED) is 0.750. The minimum absolute atomic E-state index is 0.0691. The Labute approximate surface area is 157 Å². The zero-order chi connectivity index (χ0) is 19.2. The molecule has 1 amide bonds. The first-order valence-electron chi connectivity index (χ1n) is 9.28. The average Bonchev–Trinajstić information content (AvgIpc) is 2.62. The molecule has 1 fully saturated rings. The molecule has 0 aromatic heterocycles. The second-order valence-electron chi connectivity index (χ2n) is 7.02. The number of ether oxygens (including phenoxy) is 1. The van der Waals surface area contributed by atoms with Gasteiger partial charge in [0.1, 0.15) is 5.75 Å². The van der Waals surface area contributed by atoms with Gasteiger partial charge < -0.3 is 10.1 Å². The van der Waals surface area contributed by atoms with Gasteiger partial charge in [0.15, 0.2) is 0 Å². The van der Waals surface area contributed by atoms with Gasteiger partial charge in [0, 0.05) is 24.2 Å². The highest BCUT2D eigenvalue weighted by Crippen LogP contribution is 2.26. The van der Waals surface area contributed by atoms with Crippen molar-refractivity contribution >= 4 is 15.9 Å². The third-order valence-corrected chi connectivity index (χ3v) is 6.84. The van der Waals surface area contributed by atoms with E-state index in [0.29, 0.717) is 11.3 Å². The molecule has 1 aromatic rings. The fraction of sp³-hybridized carbons (Fsp3) is 0.632. The number of rotatable bonds is 8. The second kappa shape index (κ2) is 9.37. The Balaban J connectivity index is 1.93. The van der Waals surface area contributed by atoms with Gasteiger partial charge >= 0.3 is 0 Å². The first-order valence-corrected chi connectivity index (χ1v) is 10.9. The minimum atomic E-state index is -3.41. The molecule has 6 nitrogen and oxygen atoms in total. The number of hydrogen-bond donors (Lipinski definition) is 1. The summed E-state index contributed by atoms with van der Waals surface area (Å²) in [5, 5.41) is 2.70. The molecule has 1 aliphatic carbocycles. The van der Waals surface area contributed by atoms with E-state index in [4.69, 9.17) is 4.74 Å². The van der Waals surface area contributed by atoms with Gasteiger partial charge in [-0.2, -0.15) is 4.31 Å². The largest absolute Gasteiger partial charge is 0.497 e. The zero-order valence-electron chi connectivity index (χ0n) is 15.9. The SMILES string of the molecule is COc1ccc(C(=O)NCCS(=O)(=O)N(C(C)C)C2CCCCC2)cc1. The van der Waals surface area contributed by atoms with Gasteiger partial charge in [-0.1, -0.05) is 19.3 Å². The van der Waals surface area contributed by atoms with Crippen LogP contribution < -0.4 is 10.1 Å². The van der Waals surface area contributed by atoms with Crippen molar-refractivity contribution in [2.45, 2.75) is 58.0 Å². The Hall–Kier alpha value is -1.60. The van der Waals surface area contributed by atoms with E-state index >= 15 is 0 Å². The maximum atomic E-state index is 12.8. The summed E-state index contributed by atoms with van der Waals surface area (Å²) in [6, 6.07) is 6.74. The summed E-state index contributed by atoms with van der Waals surface area (Å²) < 4.78 is 32.4. The van der Waals surface area contributed by atoms with Crippen LogP contribution >= 0.6 is 0 Å². The van der Waals surface area contributed by atoms with Crippen molar-refractivity contribution in [1.82, 2.24) is 9.62 Å². The lowest BCUT2D eigenvalue weighted by molar-refractivity contribution is 0.0956. The maximum absolute atomic E-state index is 12.8. The molecular weight excluding hydrogens is 352 g/mol. The van der Waals surface area contributed by atoms with Crippen LogP contribution in [0, 0.1) is 0 Å². The number of nitrogens with zero attached hydrogens (tertiary/aromatic N) is 1. The standard InChI is InChI=1S/C19H30N2O4S/c1-15(2)21(17-7-5-4-6-8-17)26(23,24)14-13-20-19(22)16-9-11-18(25-3)12-10-16/h9-12,15,17H,4-8,13-14H2,1-3H3,(H,20,22). The lowest BCUT2D eigenvalue weighted by Gasteiger charge is -2.36. The molecule has 0 aliphatic heterocycles. The van der Waals surface area contributed by atoms with Gasteiger partial charge in [-0.05, 0) is 51.0 Å². The van der Waals surface area contributed by atoms with Gasteiger partial charge in [0.05, 0.1) is 12.9 Å². The predicted molar refractivity (Wildman–Crippen MR) is 103 cm³/mol. The Morgan fingerprint density at radius 3 is 2.35 bits per heavy atom. The van der Waals surface area contributed by atoms with E-state index in [2.05, 4.69) is 5.32 Å². The Morgan fingerprint density at radius 1 is 1.19 bits per heavy atom. The maximum Gasteiger partial charge on any atom is 0.251 e. The summed E-state index contributed by atoms with van der Waals surface area (Å²) in [5.41, 5.74) is 0.483. The molecule has 0 heterocycles. The van der Waals surface area contributed by atoms with Gasteiger partial charge in [0.2, 0.25) is 10.0 Å². The smallest absolute Gasteiger partial charge is 0.251 e. The molecule has 0 saturated heterocycles. The van der Waals surface area contributed by atoms with E-state index in [-0.39, 0.29) is 30.3 Å². The van der Waals surface area contributed by atoms with Crippen molar-refractivity contribution in [1.29, 1.82) is 0 Å². The van der Waals surface area contributed by atoms with Crippen LogP contribution in [0.1, 0.15) is 56.3 Å². The molecule has 1 aromatic carbocycles. The molecule has 146 valence electrons. The van der Waals surface area contributed by atoms with E-state index in [9.17, 15) is 13.2 Å². The van der Waals surface area contributed by atoms with Crippen molar-refractivity contribution in [3.63, 3.8) is 0 Å². The van der Waals surface area contributed by atoms with Gasteiger partial charge in [-0.3, -0.25) is 4.79 Å². The van der Waals surface area contributed by atoms with E-state index in [1.807, 2.05) is 13.8 Å². The van der Waals surface area contributed by atoms with Crippen LogP contribution in [0.5, 0.6) is 5.75 Å². The average molecular weight is 383 g/mol. The first-order chi connectivity index (χ1) is 12.3. The fourth-order valence-corrected chi connectivity index (χ4v) is 5.43. The van der Waals surface area contributed by atoms with E-state index < -0.39 is 10.0 Å². The Bertz CT molecular complexity index is 680. The molecule has 7 heteroatoms. The molecule has 2 rings (SSSR count). The van der Waals surface area contributed by atoms with Crippen molar-refractivity contribution in [2.75, 3.05) is 19.4 Å². The van der Waals surface area contributed by atoms with Crippen molar-refractivity contribution < 1.29 is 17.9 Å². The lowest BCUT2D eigenvalue weighted by Crippen LogP contribution is -2.48. The number of methoxy groups -OCH3 is 1. The van der Waals surface area contributed by atoms with E-state index in [1.54, 1.807) is 35.7 Å². The van der Waals surface area contributed by atoms with Crippen LogP contribution in [0.4, 0.5) is 0 Å². The molecule has 26 heavy (non-hydrogen) atoms. The molecule has 0 radical (unpaired) electrons. The lowest BCUT2D eigenvalue weighted by atomic mass is 9.95. The summed E-state index contributed by atoms with van der Waals surface area (Å²) in [4.78, 5) is 12.2. The fourth-order valence-electron chi connectivity index (χ4n) is 3.55. The second-order valence-corrected chi connectivity index (χ2v) is 9.01. The molecule has 0 spiro atoms. The summed E-state index contributed by atoms with van der Waals surface area (Å²) in [6.07, 6.45) is 5.20. The van der Waals surface area contributed by atoms with Crippen molar-refractivity contribution in [3.8, 4) is 5.75 Å². The molecule has 0 unspecified atom stereocenters. The highest BCUT2D eigenvalue weighted by molar-refractivity contribution is 7.89. The Morgan fingerprint density at radius 2 is 1.81 bits per heavy atom. The molecular formula is C19H30N2O4S. The molecule has 1 N–H and O–H groups in total. The van der Waals surface area contributed by atoms with Gasteiger partial charge in [-0.25, -0.2) is 8.42 Å². The number of hydrogen-bond acceptors (Lipinski definition) is 4. The van der Waals surface area contributed by atoms with E-state index in [0.717, 1.165) is 25.7 Å². The van der Waals surface area contributed by atoms with Crippen LogP contribution in [0.3, 0.4) is 0 Å². The molecule has 1 saturated carbocycles. The normalized spacial score (nSPS) is 16.0. The predicted octanol–water partition coefficient (Wildman–Crippen LogP) is 2.80. The highest BCUT2D eigenvalue weighted by Gasteiger charge is 2.32. The number of benzene rings is 1. The van der Waals surface area contributed by atoms with Crippen LogP contribution in [0.2, 0.25) is 0 Å². The summed E-state index contributed by atoms with van der Waals surface area (Å²) >= 11 is 0. The molecule has 1 aliphatic rings. The van der Waals surface area contributed by atoms with Gasteiger partial charge in [-0.15, -0.1) is 0 Å². The van der Waals surface area contributed by atoms with Crippen molar-refractivity contribution in [3.05, 3.63) is 29.8 Å². The van der Waals surface area contributed by atoms with Crippen LogP contribution in [0.25, 0.3) is 0 Å². The summed E-state index contributed by atoms with van der Waals surface area (Å²) in [7, 11) is -1.85. The molecule has 0 bridgehead atoms. The number of carbonyl (C=O) groups excluding carboxylic acids is 1. The Kier molecular flexibility index (Phi) is 7.46. The van der Waals surface area contributed by atoms with Crippen LogP contribution in [-0.2, 0) is 10.0 Å². The molecule has 0 atom stereocenters. The number of carbonyl (C=O) groups is 1. The topological polar surface area (TPSA) is 75.7 Å². The monoisotopic (exact) mass is 382 g/mol.